The first-order chi connectivity index (χ1) is 12.0. The Morgan fingerprint density at radius 2 is 1.72 bits per heavy atom. The van der Waals surface area contributed by atoms with Gasteiger partial charge in [0.25, 0.3) is 0 Å². The SMILES string of the molecule is COc1cc(N2CCN(C(C)c3ccc(F)c(F)c3)CC2)ccc1Br. The Labute approximate surface area is 155 Å². The lowest BCUT2D eigenvalue weighted by molar-refractivity contribution is 0.198. The first-order valence-corrected chi connectivity index (χ1v) is 9.06. The van der Waals surface area contributed by atoms with Crippen LogP contribution < -0.4 is 9.64 Å². The average molecular weight is 411 g/mol. The molecule has 1 fully saturated rings. The summed E-state index contributed by atoms with van der Waals surface area (Å²) in [5.41, 5.74) is 1.93. The first-order valence-electron chi connectivity index (χ1n) is 8.27. The Bertz CT molecular complexity index is 748. The third-order valence-corrected chi connectivity index (χ3v) is 5.44. The number of hydrogen-bond donors (Lipinski definition) is 0. The van der Waals surface area contributed by atoms with Crippen molar-refractivity contribution in [3.63, 3.8) is 0 Å². The molecule has 0 saturated carbocycles. The zero-order valence-electron chi connectivity index (χ0n) is 14.3. The van der Waals surface area contributed by atoms with Gasteiger partial charge in [0.15, 0.2) is 11.6 Å². The van der Waals surface area contributed by atoms with Crippen LogP contribution in [0.2, 0.25) is 0 Å². The molecular weight excluding hydrogens is 390 g/mol. The topological polar surface area (TPSA) is 15.7 Å². The van der Waals surface area contributed by atoms with Crippen LogP contribution in [-0.2, 0) is 0 Å². The lowest BCUT2D eigenvalue weighted by atomic mass is 10.1. The molecule has 1 saturated heterocycles. The lowest BCUT2D eigenvalue weighted by Gasteiger charge is -2.39. The van der Waals surface area contributed by atoms with Crippen LogP contribution in [0.3, 0.4) is 0 Å². The van der Waals surface area contributed by atoms with Crippen molar-refractivity contribution in [2.45, 2.75) is 13.0 Å². The van der Waals surface area contributed by atoms with Gasteiger partial charge in [-0.25, -0.2) is 8.78 Å². The summed E-state index contributed by atoms with van der Waals surface area (Å²) in [4.78, 5) is 4.60. The maximum Gasteiger partial charge on any atom is 0.159 e. The van der Waals surface area contributed by atoms with Crippen molar-refractivity contribution in [1.29, 1.82) is 0 Å². The second kappa shape index (κ2) is 7.70. The van der Waals surface area contributed by atoms with Crippen LogP contribution in [0.4, 0.5) is 14.5 Å². The molecule has 3 rings (SSSR count). The van der Waals surface area contributed by atoms with E-state index in [9.17, 15) is 8.78 Å². The van der Waals surface area contributed by atoms with Gasteiger partial charge in [-0.05, 0) is 52.7 Å². The minimum Gasteiger partial charge on any atom is -0.495 e. The normalized spacial score (nSPS) is 16.8. The highest BCUT2D eigenvalue weighted by Gasteiger charge is 2.23. The van der Waals surface area contributed by atoms with Crippen LogP contribution in [0.25, 0.3) is 0 Å². The molecule has 0 aromatic heterocycles. The summed E-state index contributed by atoms with van der Waals surface area (Å²) in [7, 11) is 1.66. The predicted molar refractivity (Wildman–Crippen MR) is 99.3 cm³/mol. The molecule has 25 heavy (non-hydrogen) atoms. The van der Waals surface area contributed by atoms with Crippen LogP contribution in [0.15, 0.2) is 40.9 Å². The van der Waals surface area contributed by atoms with Gasteiger partial charge in [-0.3, -0.25) is 4.90 Å². The Kier molecular flexibility index (Phi) is 5.59. The highest BCUT2D eigenvalue weighted by molar-refractivity contribution is 9.10. The van der Waals surface area contributed by atoms with Gasteiger partial charge in [-0.2, -0.15) is 0 Å². The molecule has 2 aromatic rings. The van der Waals surface area contributed by atoms with Crippen LogP contribution in [0, 0.1) is 11.6 Å². The molecule has 1 atom stereocenters. The number of benzene rings is 2. The van der Waals surface area contributed by atoms with Crippen LogP contribution in [-0.4, -0.2) is 38.2 Å². The lowest BCUT2D eigenvalue weighted by Crippen LogP contribution is -2.47. The van der Waals surface area contributed by atoms with Crippen LogP contribution in [0.1, 0.15) is 18.5 Å². The Hall–Kier alpha value is -1.66. The van der Waals surface area contributed by atoms with E-state index in [1.54, 1.807) is 13.2 Å². The quantitative estimate of drug-likeness (QED) is 0.731. The van der Waals surface area contributed by atoms with Gasteiger partial charge in [0.05, 0.1) is 11.6 Å². The fourth-order valence-electron chi connectivity index (χ4n) is 3.20. The van der Waals surface area contributed by atoms with Gasteiger partial charge >= 0.3 is 0 Å². The number of methoxy groups -OCH3 is 1. The highest BCUT2D eigenvalue weighted by Crippen LogP contribution is 2.31. The summed E-state index contributed by atoms with van der Waals surface area (Å²) in [6, 6.07) is 10.3. The van der Waals surface area contributed by atoms with Crippen molar-refractivity contribution in [3.8, 4) is 5.75 Å². The van der Waals surface area contributed by atoms with Gasteiger partial charge in [-0.15, -0.1) is 0 Å². The Morgan fingerprint density at radius 3 is 2.36 bits per heavy atom. The van der Waals surface area contributed by atoms with Gasteiger partial charge in [-0.1, -0.05) is 6.07 Å². The largest absolute Gasteiger partial charge is 0.495 e. The number of halogens is 3. The maximum absolute atomic E-state index is 13.5. The zero-order chi connectivity index (χ0) is 18.0. The molecule has 2 aromatic carbocycles. The number of rotatable bonds is 4. The molecule has 1 aliphatic heterocycles. The van der Waals surface area contributed by atoms with E-state index in [0.29, 0.717) is 0 Å². The molecule has 1 aliphatic rings. The van der Waals surface area contributed by atoms with E-state index >= 15 is 0 Å². The zero-order valence-corrected chi connectivity index (χ0v) is 15.9. The van der Waals surface area contributed by atoms with E-state index in [1.165, 1.54) is 12.1 Å². The molecule has 1 heterocycles. The van der Waals surface area contributed by atoms with E-state index in [1.807, 2.05) is 19.1 Å². The summed E-state index contributed by atoms with van der Waals surface area (Å²) in [5, 5.41) is 0. The summed E-state index contributed by atoms with van der Waals surface area (Å²) in [6.45, 7) is 5.50. The van der Waals surface area contributed by atoms with Gasteiger partial charge in [0, 0.05) is 44.0 Å². The maximum atomic E-state index is 13.5. The summed E-state index contributed by atoms with van der Waals surface area (Å²) in [6.07, 6.45) is 0. The van der Waals surface area contributed by atoms with Crippen molar-refractivity contribution >= 4 is 21.6 Å². The summed E-state index contributed by atoms with van der Waals surface area (Å²) < 4.78 is 32.9. The molecule has 0 amide bonds. The van der Waals surface area contributed by atoms with Crippen molar-refractivity contribution in [1.82, 2.24) is 4.90 Å². The smallest absolute Gasteiger partial charge is 0.159 e. The van der Waals surface area contributed by atoms with E-state index in [-0.39, 0.29) is 6.04 Å². The summed E-state index contributed by atoms with van der Waals surface area (Å²) in [5.74, 6) is -0.773. The molecular formula is C19H21BrF2N2O. The molecule has 0 spiro atoms. The minimum absolute atomic E-state index is 0.0525. The molecule has 3 nitrogen and oxygen atoms in total. The molecule has 0 bridgehead atoms. The average Bonchev–Trinajstić information content (AvgIpc) is 2.64. The second-order valence-corrected chi connectivity index (χ2v) is 7.05. The number of anilines is 1. The third-order valence-electron chi connectivity index (χ3n) is 4.79. The first kappa shape index (κ1) is 18.1. The minimum atomic E-state index is -0.801. The highest BCUT2D eigenvalue weighted by atomic mass is 79.9. The van der Waals surface area contributed by atoms with Gasteiger partial charge in [0.2, 0.25) is 0 Å². The third kappa shape index (κ3) is 3.96. The van der Waals surface area contributed by atoms with Gasteiger partial charge < -0.3 is 9.64 Å². The number of piperazine rings is 1. The standard InChI is InChI=1S/C19H21BrF2N2O/c1-13(14-3-6-17(21)18(22)11-14)23-7-9-24(10-8-23)15-4-5-16(20)19(12-15)25-2/h3-6,11-13H,7-10H2,1-2H3. The van der Waals surface area contributed by atoms with Crippen molar-refractivity contribution in [3.05, 3.63) is 58.1 Å². The number of ether oxygens (including phenoxy) is 1. The van der Waals surface area contributed by atoms with Crippen molar-refractivity contribution < 1.29 is 13.5 Å². The fraction of sp³-hybridized carbons (Fsp3) is 0.368. The van der Waals surface area contributed by atoms with Crippen molar-refractivity contribution in [2.24, 2.45) is 0 Å². The monoisotopic (exact) mass is 410 g/mol. The molecule has 0 aliphatic carbocycles. The Morgan fingerprint density at radius 1 is 1.00 bits per heavy atom. The molecule has 0 radical (unpaired) electrons. The van der Waals surface area contributed by atoms with Crippen molar-refractivity contribution in [2.75, 3.05) is 38.2 Å². The van der Waals surface area contributed by atoms with E-state index in [2.05, 4.69) is 31.8 Å². The summed E-state index contributed by atoms with van der Waals surface area (Å²) >= 11 is 3.47. The Balaban J connectivity index is 1.66. The van der Waals surface area contributed by atoms with E-state index in [4.69, 9.17) is 4.74 Å². The molecule has 1 unspecified atom stereocenters. The molecule has 0 N–H and O–H groups in total. The van der Waals surface area contributed by atoms with Crippen LogP contribution in [0.5, 0.6) is 5.75 Å². The predicted octanol–water partition coefficient (Wildman–Crippen LogP) is 4.62. The number of nitrogens with zero attached hydrogens (tertiary/aromatic N) is 2. The fourth-order valence-corrected chi connectivity index (χ4v) is 3.60. The van der Waals surface area contributed by atoms with Gasteiger partial charge in [0.1, 0.15) is 5.75 Å². The molecule has 134 valence electrons. The number of hydrogen-bond acceptors (Lipinski definition) is 3. The van der Waals surface area contributed by atoms with E-state index < -0.39 is 11.6 Å². The van der Waals surface area contributed by atoms with Crippen LogP contribution >= 0.6 is 15.9 Å². The van der Waals surface area contributed by atoms with E-state index in [0.717, 1.165) is 47.7 Å². The second-order valence-electron chi connectivity index (χ2n) is 6.19. The molecule has 6 heteroatoms.